The quantitative estimate of drug-likeness (QED) is 0.494. The number of hydrogen-bond donors (Lipinski definition) is 1. The second-order valence-electron chi connectivity index (χ2n) is 8.81. The lowest BCUT2D eigenvalue weighted by Gasteiger charge is -2.26. The van der Waals surface area contributed by atoms with Crippen molar-refractivity contribution >= 4 is 21.2 Å². The fourth-order valence-corrected chi connectivity index (χ4v) is 6.00. The SMILES string of the molecule is CCc1cc(C)cc(CC)c1C1=C(O)CC(CCS(=O)(=O)c2ccc(C(F)(F)F)cc2)CC1=O. The number of benzene rings is 2. The van der Waals surface area contributed by atoms with Gasteiger partial charge in [0.05, 0.1) is 21.8 Å². The predicted molar refractivity (Wildman–Crippen MR) is 125 cm³/mol. The summed E-state index contributed by atoms with van der Waals surface area (Å²) in [4.78, 5) is 12.9. The van der Waals surface area contributed by atoms with Gasteiger partial charge < -0.3 is 5.11 Å². The number of aliphatic hydroxyl groups is 1. The van der Waals surface area contributed by atoms with Crippen molar-refractivity contribution in [3.8, 4) is 0 Å². The average molecular weight is 495 g/mol. The number of sulfone groups is 1. The molecule has 0 heterocycles. The zero-order valence-electron chi connectivity index (χ0n) is 19.5. The molecule has 0 fully saturated rings. The van der Waals surface area contributed by atoms with E-state index in [-0.39, 0.29) is 47.4 Å². The van der Waals surface area contributed by atoms with Crippen LogP contribution in [0.25, 0.3) is 5.57 Å². The predicted octanol–water partition coefficient (Wildman–Crippen LogP) is 6.25. The number of Topliss-reactive ketones (excluding diaryl/α,β-unsaturated/α-hetero) is 1. The van der Waals surface area contributed by atoms with Gasteiger partial charge in [-0.2, -0.15) is 13.2 Å². The maximum Gasteiger partial charge on any atom is 0.416 e. The number of alkyl halides is 3. The topological polar surface area (TPSA) is 71.4 Å². The molecule has 0 radical (unpaired) electrons. The van der Waals surface area contributed by atoms with E-state index in [2.05, 4.69) is 0 Å². The zero-order valence-corrected chi connectivity index (χ0v) is 20.3. The van der Waals surface area contributed by atoms with Gasteiger partial charge in [-0.3, -0.25) is 4.79 Å². The second kappa shape index (κ2) is 9.94. The van der Waals surface area contributed by atoms with E-state index < -0.39 is 21.6 Å². The Labute approximate surface area is 198 Å². The number of hydrogen-bond acceptors (Lipinski definition) is 4. The smallest absolute Gasteiger partial charge is 0.416 e. The largest absolute Gasteiger partial charge is 0.512 e. The highest BCUT2D eigenvalue weighted by Gasteiger charge is 2.33. The molecule has 34 heavy (non-hydrogen) atoms. The van der Waals surface area contributed by atoms with Gasteiger partial charge in [-0.25, -0.2) is 8.42 Å². The van der Waals surface area contributed by atoms with Crippen molar-refractivity contribution < 1.29 is 31.5 Å². The molecule has 1 aliphatic carbocycles. The van der Waals surface area contributed by atoms with E-state index >= 15 is 0 Å². The second-order valence-corrected chi connectivity index (χ2v) is 10.9. The van der Waals surface area contributed by atoms with E-state index in [1.165, 1.54) is 0 Å². The molecule has 0 amide bonds. The Morgan fingerprint density at radius 3 is 2.03 bits per heavy atom. The van der Waals surface area contributed by atoms with Crippen LogP contribution in [0.1, 0.15) is 60.9 Å². The van der Waals surface area contributed by atoms with Crippen LogP contribution in [0.15, 0.2) is 47.1 Å². The van der Waals surface area contributed by atoms with Crippen molar-refractivity contribution in [1.29, 1.82) is 0 Å². The maximum absolute atomic E-state index is 13.1. The molecule has 3 rings (SSSR count). The molecule has 0 aromatic heterocycles. The van der Waals surface area contributed by atoms with Gasteiger partial charge in [0.2, 0.25) is 0 Å². The highest BCUT2D eigenvalue weighted by Crippen LogP contribution is 2.38. The molecule has 0 saturated heterocycles. The standard InChI is InChI=1S/C26H29F3O4S/c1-4-18-12-16(3)13-19(5-2)24(18)25-22(30)14-17(15-23(25)31)10-11-34(32,33)21-8-6-20(7-9-21)26(27,28)29/h6-9,12-13,17,30H,4-5,10-11,14-15H2,1-3H3. The minimum Gasteiger partial charge on any atom is -0.512 e. The van der Waals surface area contributed by atoms with Crippen LogP contribution >= 0.6 is 0 Å². The summed E-state index contributed by atoms with van der Waals surface area (Å²) in [7, 11) is -3.83. The Morgan fingerprint density at radius 1 is 1.00 bits per heavy atom. The third-order valence-corrected chi connectivity index (χ3v) is 8.08. The highest BCUT2D eigenvalue weighted by molar-refractivity contribution is 7.91. The number of aliphatic hydroxyl groups excluding tert-OH is 1. The molecule has 2 aromatic carbocycles. The maximum atomic E-state index is 13.1. The molecule has 184 valence electrons. The Morgan fingerprint density at radius 2 is 1.56 bits per heavy atom. The van der Waals surface area contributed by atoms with Crippen molar-refractivity contribution in [3.05, 3.63) is 70.0 Å². The number of rotatable bonds is 7. The third-order valence-electron chi connectivity index (χ3n) is 6.32. The fraction of sp³-hybridized carbons (Fsp3) is 0.423. The van der Waals surface area contributed by atoms with Crippen LogP contribution in [0.2, 0.25) is 0 Å². The normalized spacial score (nSPS) is 17.4. The first-order valence-electron chi connectivity index (χ1n) is 11.4. The van der Waals surface area contributed by atoms with Crippen LogP contribution in [0.3, 0.4) is 0 Å². The van der Waals surface area contributed by atoms with Gasteiger partial charge in [-0.15, -0.1) is 0 Å². The van der Waals surface area contributed by atoms with Gasteiger partial charge in [0.15, 0.2) is 15.6 Å². The van der Waals surface area contributed by atoms with E-state index in [0.717, 1.165) is 46.5 Å². The summed E-state index contributed by atoms with van der Waals surface area (Å²) < 4.78 is 63.5. The Hall–Kier alpha value is -2.61. The Balaban J connectivity index is 1.79. The lowest BCUT2D eigenvalue weighted by molar-refractivity contribution is -0.137. The summed E-state index contributed by atoms with van der Waals surface area (Å²) in [5.41, 5.74) is 3.28. The first kappa shape index (κ1) is 26.0. The van der Waals surface area contributed by atoms with E-state index in [1.807, 2.05) is 32.9 Å². The summed E-state index contributed by atoms with van der Waals surface area (Å²) in [5, 5.41) is 10.8. The lowest BCUT2D eigenvalue weighted by atomic mass is 9.79. The monoisotopic (exact) mass is 494 g/mol. The van der Waals surface area contributed by atoms with Gasteiger partial charge in [0, 0.05) is 12.8 Å². The van der Waals surface area contributed by atoms with E-state index in [9.17, 15) is 31.5 Å². The molecular weight excluding hydrogens is 465 g/mol. The Bertz CT molecular complexity index is 1180. The van der Waals surface area contributed by atoms with Gasteiger partial charge in [-0.1, -0.05) is 31.5 Å². The van der Waals surface area contributed by atoms with Crippen LogP contribution in [0.5, 0.6) is 0 Å². The zero-order chi connectivity index (χ0) is 25.3. The van der Waals surface area contributed by atoms with Gasteiger partial charge >= 0.3 is 6.18 Å². The minimum atomic E-state index is -4.54. The van der Waals surface area contributed by atoms with Gasteiger partial charge in [-0.05, 0) is 73.1 Å². The van der Waals surface area contributed by atoms with Crippen molar-refractivity contribution in [3.63, 3.8) is 0 Å². The lowest BCUT2D eigenvalue weighted by Crippen LogP contribution is -2.22. The molecule has 8 heteroatoms. The van der Waals surface area contributed by atoms with E-state index in [1.54, 1.807) is 0 Å². The average Bonchev–Trinajstić information content (AvgIpc) is 2.77. The Kier molecular flexibility index (Phi) is 7.60. The highest BCUT2D eigenvalue weighted by atomic mass is 32.2. The molecule has 0 spiro atoms. The molecule has 2 aromatic rings. The summed E-state index contributed by atoms with van der Waals surface area (Å²) in [6.07, 6.45) is -2.70. The first-order chi connectivity index (χ1) is 15.9. The molecule has 1 unspecified atom stereocenters. The summed E-state index contributed by atoms with van der Waals surface area (Å²) in [6.45, 7) is 5.99. The molecule has 4 nitrogen and oxygen atoms in total. The number of allylic oxidation sites excluding steroid dienone is 2. The van der Waals surface area contributed by atoms with Crippen LogP contribution in [-0.2, 0) is 33.6 Å². The number of halogens is 3. The molecule has 1 aliphatic rings. The number of carbonyl (C=O) groups excluding carboxylic acids is 1. The molecular formula is C26H29F3O4S. The van der Waals surface area contributed by atoms with Crippen molar-refractivity contribution in [1.82, 2.24) is 0 Å². The van der Waals surface area contributed by atoms with E-state index in [0.29, 0.717) is 18.4 Å². The number of ketones is 1. The van der Waals surface area contributed by atoms with Crippen molar-refractivity contribution in [2.75, 3.05) is 5.75 Å². The van der Waals surface area contributed by atoms with Gasteiger partial charge in [0.1, 0.15) is 5.76 Å². The number of carbonyl (C=O) groups is 1. The molecule has 0 bridgehead atoms. The van der Waals surface area contributed by atoms with Gasteiger partial charge in [0.25, 0.3) is 0 Å². The molecule has 1 N–H and O–H groups in total. The van der Waals surface area contributed by atoms with Crippen molar-refractivity contribution in [2.45, 2.75) is 63.9 Å². The minimum absolute atomic E-state index is 0.0265. The molecule has 1 atom stereocenters. The fourth-order valence-electron chi connectivity index (χ4n) is 4.57. The van der Waals surface area contributed by atoms with Crippen molar-refractivity contribution in [2.24, 2.45) is 5.92 Å². The summed E-state index contributed by atoms with van der Waals surface area (Å²) in [5.74, 6) is -0.916. The van der Waals surface area contributed by atoms with Crippen LogP contribution < -0.4 is 0 Å². The molecule has 0 aliphatic heterocycles. The van der Waals surface area contributed by atoms with Crippen LogP contribution in [-0.4, -0.2) is 25.1 Å². The van der Waals surface area contributed by atoms with E-state index in [4.69, 9.17) is 0 Å². The van der Waals surface area contributed by atoms with Crippen LogP contribution in [0.4, 0.5) is 13.2 Å². The molecule has 0 saturated carbocycles. The number of aryl methyl sites for hydroxylation is 3. The first-order valence-corrected chi connectivity index (χ1v) is 13.0. The summed E-state index contributed by atoms with van der Waals surface area (Å²) in [6, 6.07) is 7.44. The summed E-state index contributed by atoms with van der Waals surface area (Å²) >= 11 is 0. The third kappa shape index (κ3) is 5.54. The van der Waals surface area contributed by atoms with Crippen LogP contribution in [0, 0.1) is 12.8 Å².